The number of carboxylic acids is 1. The molecule has 2 bridgehead atoms. The standard InChI is InChI=1S/C37H32Cl2F5N3O7/c38-26-17-46(51)18-27(39)25(26)15-24(21-8-9-30(52-35(41)42)31(14-21)53-36(43)44)33-22(4-3-5-23(33)34(48)49)16-47(29-7-2-1-6-28(29)40)37(50)54-32-19-45-12-10-20(32)11-13-45/h1-9,14,17-18,20,24,32,35-36H,10-13,15-16,19H2,(H-,48,49,51)/t24-,32+/m1/s1. The number of carbonyl (C=O) groups is 2. The molecule has 0 spiro atoms. The van der Waals surface area contributed by atoms with Gasteiger partial charge in [-0.15, -0.1) is 0 Å². The van der Waals surface area contributed by atoms with E-state index in [0.29, 0.717) is 11.3 Å². The van der Waals surface area contributed by atoms with Gasteiger partial charge in [-0.25, -0.2) is 9.18 Å². The Labute approximate surface area is 315 Å². The molecule has 0 unspecified atom stereocenters. The van der Waals surface area contributed by atoms with E-state index in [0.717, 1.165) is 61.4 Å². The van der Waals surface area contributed by atoms with Gasteiger partial charge in [-0.2, -0.15) is 17.6 Å². The Morgan fingerprint density at radius 3 is 2.22 bits per heavy atom. The number of fused-ring (bicyclic) bond motifs is 3. The molecule has 0 saturated carbocycles. The van der Waals surface area contributed by atoms with Crippen molar-refractivity contribution < 1.29 is 60.8 Å². The molecule has 0 aliphatic carbocycles. The number of piperidine rings is 3. The summed E-state index contributed by atoms with van der Waals surface area (Å²) in [7, 11) is 0. The number of aromatic carboxylic acids is 1. The lowest BCUT2D eigenvalue weighted by atomic mass is 9.80. The summed E-state index contributed by atoms with van der Waals surface area (Å²) in [6.07, 6.45) is 2.16. The highest BCUT2D eigenvalue weighted by Gasteiger charge is 2.38. The van der Waals surface area contributed by atoms with Gasteiger partial charge in [0.05, 0.1) is 18.2 Å². The number of hydrogen-bond acceptors (Lipinski definition) is 8. The van der Waals surface area contributed by atoms with Crippen LogP contribution >= 0.6 is 23.2 Å². The predicted molar refractivity (Wildman–Crippen MR) is 182 cm³/mol. The van der Waals surface area contributed by atoms with Crippen molar-refractivity contribution in [2.45, 2.75) is 51.1 Å². The van der Waals surface area contributed by atoms with Crippen LogP contribution in [0.4, 0.5) is 32.4 Å². The minimum atomic E-state index is -3.47. The van der Waals surface area contributed by atoms with Crippen molar-refractivity contribution in [2.24, 2.45) is 5.92 Å². The lowest BCUT2D eigenvalue weighted by Crippen LogP contribution is -2.53. The Kier molecular flexibility index (Phi) is 12.0. The molecular weight excluding hydrogens is 764 g/mol. The van der Waals surface area contributed by atoms with Crippen molar-refractivity contribution in [3.63, 3.8) is 0 Å². The molecule has 10 nitrogen and oxygen atoms in total. The van der Waals surface area contributed by atoms with Gasteiger partial charge in [0.25, 0.3) is 0 Å². The summed E-state index contributed by atoms with van der Waals surface area (Å²) in [6.45, 7) is -5.12. The number of nitrogens with zero attached hydrogens (tertiary/aromatic N) is 3. The number of benzene rings is 3. The van der Waals surface area contributed by atoms with E-state index in [2.05, 4.69) is 14.4 Å². The van der Waals surface area contributed by atoms with Gasteiger partial charge < -0.3 is 24.1 Å². The molecule has 2 atom stereocenters. The number of carbonyl (C=O) groups excluding carboxylic acids is 2. The summed E-state index contributed by atoms with van der Waals surface area (Å²) in [6, 6.07) is 12.6. The van der Waals surface area contributed by atoms with Crippen molar-refractivity contribution in [3.05, 3.63) is 117 Å². The normalized spacial score (nSPS) is 18.4. The number of alkyl halides is 4. The zero-order valence-corrected chi connectivity index (χ0v) is 29.7. The number of aromatic nitrogens is 1. The summed E-state index contributed by atoms with van der Waals surface area (Å²) in [5, 5.41) is 22.7. The summed E-state index contributed by atoms with van der Waals surface area (Å²) in [4.78, 5) is 30.1. The molecule has 3 aliphatic rings. The fraction of sp³-hybridized carbons (Fsp3) is 0.324. The van der Waals surface area contributed by atoms with Crippen molar-refractivity contribution in [1.29, 1.82) is 0 Å². The molecule has 4 aromatic rings. The third-order valence-corrected chi connectivity index (χ3v) is 10.2. The van der Waals surface area contributed by atoms with E-state index in [4.69, 9.17) is 27.9 Å². The number of ether oxygens (including phenoxy) is 3. The third kappa shape index (κ3) is 8.74. The molecule has 3 aromatic carbocycles. The molecule has 286 valence electrons. The first kappa shape index (κ1) is 38.9. The molecular formula is C37H32Cl2F5N3O7. The Morgan fingerprint density at radius 1 is 0.944 bits per heavy atom. The van der Waals surface area contributed by atoms with Gasteiger partial charge in [0.1, 0.15) is 22.0 Å². The molecule has 17 heteroatoms. The lowest BCUT2D eigenvalue weighted by Gasteiger charge is -2.44. The quantitative estimate of drug-likeness (QED) is 0.0890. The van der Waals surface area contributed by atoms with E-state index in [1.54, 1.807) is 0 Å². The largest absolute Gasteiger partial charge is 0.545 e. The number of amides is 1. The molecule has 54 heavy (non-hydrogen) atoms. The van der Waals surface area contributed by atoms with Crippen LogP contribution in [0.3, 0.4) is 0 Å². The zero-order chi connectivity index (χ0) is 38.7. The topological polar surface area (TPSA) is 115 Å². The van der Waals surface area contributed by atoms with Crippen molar-refractivity contribution in [2.75, 3.05) is 24.5 Å². The summed E-state index contributed by atoms with van der Waals surface area (Å²) >= 11 is 13.0. The first-order valence-corrected chi connectivity index (χ1v) is 17.4. The number of rotatable bonds is 13. The minimum Gasteiger partial charge on any atom is -0.545 e. The maximum absolute atomic E-state index is 15.5. The second kappa shape index (κ2) is 16.7. The number of hydrogen-bond donors (Lipinski definition) is 1. The Hall–Kier alpha value is -4.86. The van der Waals surface area contributed by atoms with Gasteiger partial charge >= 0.3 is 19.3 Å². The third-order valence-electron chi connectivity index (χ3n) is 9.58. The average Bonchev–Trinajstić information content (AvgIpc) is 3.11. The maximum atomic E-state index is 15.5. The van der Waals surface area contributed by atoms with Crippen LogP contribution < -0.4 is 24.2 Å². The van der Waals surface area contributed by atoms with Gasteiger partial charge in [0.15, 0.2) is 11.5 Å². The van der Waals surface area contributed by atoms with Gasteiger partial charge in [-0.3, -0.25) is 15.0 Å². The van der Waals surface area contributed by atoms with Crippen LogP contribution in [0.5, 0.6) is 11.5 Å². The second-order valence-electron chi connectivity index (χ2n) is 12.8. The van der Waals surface area contributed by atoms with Crippen LogP contribution in [0.15, 0.2) is 73.1 Å². The number of carboxylic acid groups (broad SMARTS) is 1. The number of halogens is 7. The molecule has 3 fully saturated rings. The van der Waals surface area contributed by atoms with Crippen molar-refractivity contribution in [3.8, 4) is 11.5 Å². The fourth-order valence-electron chi connectivity index (χ4n) is 7.11. The second-order valence-corrected chi connectivity index (χ2v) is 13.6. The monoisotopic (exact) mass is 795 g/mol. The summed E-state index contributed by atoms with van der Waals surface area (Å²) < 4.78 is 84.6. The van der Waals surface area contributed by atoms with Crippen LogP contribution in [0.25, 0.3) is 0 Å². The van der Waals surface area contributed by atoms with E-state index in [-0.39, 0.29) is 50.3 Å². The van der Waals surface area contributed by atoms with Crippen molar-refractivity contribution >= 4 is 41.0 Å². The van der Waals surface area contributed by atoms with Crippen LogP contribution in [-0.2, 0) is 17.7 Å². The number of para-hydroxylation sites is 1. The van der Waals surface area contributed by atoms with E-state index < -0.39 is 66.7 Å². The molecule has 3 saturated heterocycles. The lowest BCUT2D eigenvalue weighted by molar-refractivity contribution is -0.904. The van der Waals surface area contributed by atoms with Crippen LogP contribution in [0.2, 0.25) is 10.0 Å². The highest BCUT2D eigenvalue weighted by atomic mass is 35.5. The minimum absolute atomic E-state index is 0.0300. The van der Waals surface area contributed by atoms with E-state index in [1.807, 2.05) is 0 Å². The van der Waals surface area contributed by atoms with Crippen LogP contribution in [0, 0.1) is 11.7 Å². The Bertz CT molecular complexity index is 2000. The van der Waals surface area contributed by atoms with E-state index in [9.17, 15) is 37.5 Å². The van der Waals surface area contributed by atoms with Gasteiger partial charge in [0, 0.05) is 28.3 Å². The molecule has 1 amide bonds. The average molecular weight is 797 g/mol. The Morgan fingerprint density at radius 2 is 1.61 bits per heavy atom. The molecule has 0 radical (unpaired) electrons. The predicted octanol–water partition coefficient (Wildman–Crippen LogP) is 6.84. The highest BCUT2D eigenvalue weighted by Crippen LogP contribution is 2.42. The molecule has 1 aromatic heterocycles. The molecule has 7 rings (SSSR count). The highest BCUT2D eigenvalue weighted by molar-refractivity contribution is 6.35. The molecule has 3 aliphatic heterocycles. The first-order valence-electron chi connectivity index (χ1n) is 16.7. The van der Waals surface area contributed by atoms with Crippen molar-refractivity contribution in [1.82, 2.24) is 4.90 Å². The SMILES string of the molecule is O=C([O-])c1cccc(CN(C(=O)O[C@H]2CN3CCC2CC3)c2ccccc2F)c1[C@H](Cc1c(Cl)c[n+](O)cc1Cl)c1ccc(OC(F)F)c(OC(F)F)c1. The first-order chi connectivity index (χ1) is 25.8. The maximum Gasteiger partial charge on any atom is 0.415 e. The number of anilines is 1. The van der Waals surface area contributed by atoms with E-state index >= 15 is 4.39 Å². The molecule has 4 heterocycles. The fourth-order valence-corrected chi connectivity index (χ4v) is 7.72. The Balaban J connectivity index is 1.51. The van der Waals surface area contributed by atoms with Gasteiger partial charge in [0.2, 0.25) is 12.4 Å². The summed E-state index contributed by atoms with van der Waals surface area (Å²) in [5.74, 6) is -5.13. The smallest absolute Gasteiger partial charge is 0.415 e. The van der Waals surface area contributed by atoms with Gasteiger partial charge in [-0.1, -0.05) is 59.6 Å². The number of pyridine rings is 1. The van der Waals surface area contributed by atoms with Crippen LogP contribution in [-0.4, -0.2) is 61.1 Å². The van der Waals surface area contributed by atoms with Gasteiger partial charge in [-0.05, 0) is 79.2 Å². The van der Waals surface area contributed by atoms with E-state index in [1.165, 1.54) is 42.5 Å². The van der Waals surface area contributed by atoms with Crippen LogP contribution in [0.1, 0.15) is 51.4 Å². The summed E-state index contributed by atoms with van der Waals surface area (Å²) in [5.41, 5.74) is -0.324. The molecule has 1 N–H and O–H groups in total. The zero-order valence-electron chi connectivity index (χ0n) is 28.1.